The van der Waals surface area contributed by atoms with Crippen molar-refractivity contribution in [2.75, 3.05) is 64.9 Å². The highest BCUT2D eigenvalue weighted by Crippen LogP contribution is 2.51. The normalized spacial score (nSPS) is 20.1. The standard InChI is InChI=1S/C47H66N2O8S/c1-7-8-27-46(2)40-36-38(26-32-56-5)22-24-42(40)49(30-33-57-6)44(46)19-14-11-9-10-13-18-43-47(3,28-17-34-58(52,53)54)39-35-37(25-31-55-4)21-23-41(39)48(43)29-16-12-15-20-45(50)51/h9-11,13-14,18-19,21-24,35-36H,7-8,12,15-17,20,25-34H2,1-6H3,(H-,50,51,52,53,54)/p+1. The third-order valence-electron chi connectivity index (χ3n) is 11.6. The number of anilines is 1. The molecule has 2 unspecified atom stereocenters. The van der Waals surface area contributed by atoms with Crippen molar-refractivity contribution in [3.05, 3.63) is 107 Å². The van der Waals surface area contributed by atoms with Gasteiger partial charge in [-0.05, 0) is 93.7 Å². The lowest BCUT2D eigenvalue weighted by molar-refractivity contribution is -0.438. The van der Waals surface area contributed by atoms with E-state index in [1.807, 2.05) is 18.2 Å². The number of nitrogens with zero attached hydrogens (tertiary/aromatic N) is 2. The Morgan fingerprint density at radius 2 is 1.43 bits per heavy atom. The lowest BCUT2D eigenvalue weighted by Gasteiger charge is -2.30. The van der Waals surface area contributed by atoms with Gasteiger partial charge in [0.05, 0.1) is 31.0 Å². The van der Waals surface area contributed by atoms with Crippen molar-refractivity contribution in [3.63, 3.8) is 0 Å². The molecule has 0 amide bonds. The molecule has 318 valence electrons. The van der Waals surface area contributed by atoms with Gasteiger partial charge in [-0.25, -0.2) is 0 Å². The fourth-order valence-electron chi connectivity index (χ4n) is 8.49. The number of benzene rings is 2. The van der Waals surface area contributed by atoms with Gasteiger partial charge in [0, 0.05) is 75.2 Å². The van der Waals surface area contributed by atoms with E-state index >= 15 is 0 Å². The van der Waals surface area contributed by atoms with Crippen LogP contribution in [0.25, 0.3) is 0 Å². The number of methoxy groups -OCH3 is 3. The van der Waals surface area contributed by atoms with Gasteiger partial charge in [0.25, 0.3) is 10.1 Å². The Kier molecular flexibility index (Phi) is 18.2. The maximum absolute atomic E-state index is 11.8. The van der Waals surface area contributed by atoms with Gasteiger partial charge in [-0.15, -0.1) is 0 Å². The summed E-state index contributed by atoms with van der Waals surface area (Å²) in [5, 5.41) is 9.17. The van der Waals surface area contributed by atoms with Crippen LogP contribution in [-0.4, -0.2) is 94.3 Å². The highest BCUT2D eigenvalue weighted by molar-refractivity contribution is 7.85. The molecule has 0 saturated heterocycles. The highest BCUT2D eigenvalue weighted by atomic mass is 32.2. The summed E-state index contributed by atoms with van der Waals surface area (Å²) in [6, 6.07) is 13.3. The Bertz CT molecular complexity index is 1950. The van der Waals surface area contributed by atoms with Gasteiger partial charge in [-0.2, -0.15) is 13.0 Å². The van der Waals surface area contributed by atoms with Crippen LogP contribution in [0.5, 0.6) is 0 Å². The minimum Gasteiger partial charge on any atom is -0.481 e. The molecule has 2 N–H and O–H groups in total. The minimum absolute atomic E-state index is 0.143. The number of carboxylic acid groups (broad SMARTS) is 1. The first kappa shape index (κ1) is 46.8. The van der Waals surface area contributed by atoms with Crippen molar-refractivity contribution in [2.45, 2.75) is 102 Å². The van der Waals surface area contributed by atoms with E-state index in [-0.39, 0.29) is 17.6 Å². The number of hydrogen-bond acceptors (Lipinski definition) is 7. The van der Waals surface area contributed by atoms with Gasteiger partial charge < -0.3 is 24.2 Å². The Morgan fingerprint density at radius 1 is 0.793 bits per heavy atom. The van der Waals surface area contributed by atoms with Crippen LogP contribution in [-0.2, 0) is 52.8 Å². The second-order valence-corrected chi connectivity index (χ2v) is 17.5. The number of aliphatic carboxylic acids is 1. The molecule has 2 aromatic carbocycles. The molecule has 0 fully saturated rings. The number of hydrogen-bond donors (Lipinski definition) is 2. The summed E-state index contributed by atoms with van der Waals surface area (Å²) < 4.78 is 51.8. The summed E-state index contributed by atoms with van der Waals surface area (Å²) in [6.45, 7) is 10.1. The van der Waals surface area contributed by atoms with E-state index < -0.39 is 21.5 Å². The van der Waals surface area contributed by atoms with E-state index in [1.54, 1.807) is 21.3 Å². The van der Waals surface area contributed by atoms with Crippen LogP contribution in [0.3, 0.4) is 0 Å². The summed E-state index contributed by atoms with van der Waals surface area (Å²) in [5.41, 5.74) is 8.83. The smallest absolute Gasteiger partial charge is 0.303 e. The molecule has 0 aliphatic carbocycles. The topological polar surface area (TPSA) is 126 Å². The second kappa shape index (κ2) is 22.5. The van der Waals surface area contributed by atoms with Crippen molar-refractivity contribution in [1.82, 2.24) is 0 Å². The third-order valence-corrected chi connectivity index (χ3v) is 12.5. The molecule has 2 heterocycles. The fraction of sp³-hybridized carbons (Fsp3) is 0.532. The van der Waals surface area contributed by atoms with Gasteiger partial charge in [-0.1, -0.05) is 68.3 Å². The average molecular weight is 820 g/mol. The highest BCUT2D eigenvalue weighted by Gasteiger charge is 2.47. The summed E-state index contributed by atoms with van der Waals surface area (Å²) in [4.78, 5) is 13.6. The van der Waals surface area contributed by atoms with Crippen LogP contribution < -0.4 is 4.90 Å². The van der Waals surface area contributed by atoms with Crippen LogP contribution in [0.4, 0.5) is 11.4 Å². The predicted octanol–water partition coefficient (Wildman–Crippen LogP) is 8.90. The molecular weight excluding hydrogens is 753 g/mol. The quantitative estimate of drug-likeness (QED) is 0.0415. The van der Waals surface area contributed by atoms with Crippen LogP contribution >= 0.6 is 0 Å². The largest absolute Gasteiger partial charge is 0.481 e. The number of allylic oxidation sites excluding steroid dienone is 8. The van der Waals surface area contributed by atoms with Crippen molar-refractivity contribution in [3.8, 4) is 0 Å². The lowest BCUT2D eigenvalue weighted by Crippen LogP contribution is -2.32. The van der Waals surface area contributed by atoms with Crippen LogP contribution in [0.15, 0.2) is 84.6 Å². The summed E-state index contributed by atoms with van der Waals surface area (Å²) in [6.07, 6.45) is 22.7. The second-order valence-electron chi connectivity index (χ2n) is 15.9. The first-order valence-corrected chi connectivity index (χ1v) is 22.5. The zero-order valence-corrected chi connectivity index (χ0v) is 36.5. The monoisotopic (exact) mass is 819 g/mol. The van der Waals surface area contributed by atoms with Crippen LogP contribution in [0, 0.1) is 0 Å². The first-order chi connectivity index (χ1) is 27.8. The summed E-state index contributed by atoms with van der Waals surface area (Å²) in [5.74, 6) is -1.10. The molecule has 4 rings (SSSR count). The molecule has 2 aromatic rings. The molecule has 2 aliphatic rings. The number of unbranched alkanes of at least 4 members (excludes halogenated alkanes) is 3. The van der Waals surface area contributed by atoms with E-state index in [4.69, 9.17) is 14.2 Å². The average Bonchev–Trinajstić information content (AvgIpc) is 3.55. The summed E-state index contributed by atoms with van der Waals surface area (Å²) >= 11 is 0. The van der Waals surface area contributed by atoms with Gasteiger partial charge in [0.1, 0.15) is 6.54 Å². The van der Waals surface area contributed by atoms with E-state index in [0.717, 1.165) is 74.0 Å². The molecule has 58 heavy (non-hydrogen) atoms. The Morgan fingerprint density at radius 3 is 2.09 bits per heavy atom. The van der Waals surface area contributed by atoms with E-state index in [9.17, 15) is 22.9 Å². The Labute approximate surface area is 347 Å². The van der Waals surface area contributed by atoms with Crippen LogP contribution in [0.1, 0.15) is 101 Å². The van der Waals surface area contributed by atoms with Crippen molar-refractivity contribution < 1.29 is 41.7 Å². The number of ether oxygens (including phenoxy) is 3. The molecule has 0 bridgehead atoms. The number of rotatable bonds is 26. The molecule has 11 heteroatoms. The lowest BCUT2D eigenvalue weighted by atomic mass is 9.75. The molecule has 0 radical (unpaired) electrons. The van der Waals surface area contributed by atoms with E-state index in [2.05, 4.69) is 90.9 Å². The van der Waals surface area contributed by atoms with Gasteiger partial charge in [0.2, 0.25) is 5.69 Å². The molecular formula is C47H67N2O8S+. The summed E-state index contributed by atoms with van der Waals surface area (Å²) in [7, 11) is 1.06. The molecule has 2 aliphatic heterocycles. The van der Waals surface area contributed by atoms with Gasteiger partial charge in [0.15, 0.2) is 5.71 Å². The van der Waals surface area contributed by atoms with Crippen molar-refractivity contribution in [2.24, 2.45) is 0 Å². The fourth-order valence-corrected chi connectivity index (χ4v) is 9.00. The van der Waals surface area contributed by atoms with Gasteiger partial charge >= 0.3 is 5.97 Å². The first-order valence-electron chi connectivity index (χ1n) is 20.9. The Balaban J connectivity index is 1.67. The zero-order valence-electron chi connectivity index (χ0n) is 35.7. The number of carbonyl (C=O) groups is 1. The van der Waals surface area contributed by atoms with Crippen molar-refractivity contribution in [1.29, 1.82) is 0 Å². The third kappa shape index (κ3) is 12.3. The molecule has 0 aromatic heterocycles. The van der Waals surface area contributed by atoms with Crippen LogP contribution in [0.2, 0.25) is 0 Å². The Hall–Kier alpha value is -3.87. The maximum Gasteiger partial charge on any atom is 0.303 e. The van der Waals surface area contributed by atoms with Crippen molar-refractivity contribution >= 4 is 33.2 Å². The predicted molar refractivity (Wildman–Crippen MR) is 235 cm³/mol. The molecule has 10 nitrogen and oxygen atoms in total. The number of fused-ring (bicyclic) bond motifs is 2. The van der Waals surface area contributed by atoms with E-state index in [0.29, 0.717) is 45.6 Å². The SMILES string of the molecule is CCCCC1(C)\C(=C/C=C/C=C/C=C/C2=[N+](CCCCCC(=O)O)c3ccc(CCOC)cc3C2(C)CCCS(=O)(=O)O)N(CCOC)c2ccc(CCOC)cc21. The molecule has 0 spiro atoms. The molecule has 0 saturated carbocycles. The van der Waals surface area contributed by atoms with Gasteiger partial charge in [-0.3, -0.25) is 9.35 Å². The zero-order chi connectivity index (χ0) is 42.2. The minimum atomic E-state index is -4.12. The maximum atomic E-state index is 11.8. The molecule has 2 atom stereocenters. The van der Waals surface area contributed by atoms with E-state index in [1.165, 1.54) is 22.5 Å². The number of carboxylic acids is 1.